The van der Waals surface area contributed by atoms with Crippen molar-refractivity contribution < 1.29 is 23.5 Å². The minimum Gasteiger partial charge on any atom is -0.481 e. The van der Waals surface area contributed by atoms with E-state index in [0.717, 1.165) is 0 Å². The fraction of sp³-hybridized carbons (Fsp3) is 0.267. The van der Waals surface area contributed by atoms with Crippen LogP contribution in [0.4, 0.5) is 4.39 Å². The molecule has 9 heteroatoms. The Hall–Kier alpha value is -2.52. The fourth-order valence-electron chi connectivity index (χ4n) is 1.66. The van der Waals surface area contributed by atoms with Gasteiger partial charge in [-0.05, 0) is 31.2 Å². The highest BCUT2D eigenvalue weighted by Gasteiger charge is 2.17. The summed E-state index contributed by atoms with van der Waals surface area (Å²) in [4.78, 5) is 27.8. The number of nitrogens with one attached hydrogen (secondary N) is 2. The molecule has 2 aromatic rings. The number of amides is 2. The molecule has 0 saturated carbocycles. The van der Waals surface area contributed by atoms with Crippen molar-refractivity contribution >= 4 is 23.2 Å². The number of aromatic nitrogens is 1. The molecule has 24 heavy (non-hydrogen) atoms. The molecule has 0 fully saturated rings. The van der Waals surface area contributed by atoms with Gasteiger partial charge in [0, 0.05) is 12.5 Å². The number of ether oxygens (including phenoxy) is 2. The Morgan fingerprint density at radius 1 is 1.29 bits per heavy atom. The van der Waals surface area contributed by atoms with Crippen LogP contribution in [0.1, 0.15) is 22.4 Å². The van der Waals surface area contributed by atoms with Gasteiger partial charge >= 0.3 is 0 Å². The van der Waals surface area contributed by atoms with E-state index in [2.05, 4.69) is 15.8 Å². The van der Waals surface area contributed by atoms with Gasteiger partial charge in [0.2, 0.25) is 0 Å². The van der Waals surface area contributed by atoms with E-state index in [1.807, 2.05) is 0 Å². The molecule has 0 bridgehead atoms. The molecule has 1 aromatic heterocycles. The lowest BCUT2D eigenvalue weighted by Gasteiger charge is -2.14. The lowest BCUT2D eigenvalue weighted by atomic mass is 10.3. The standard InChI is InChI=1S/C15H16FN3O4S/c1-9(23-11-5-3-10(16)4-6-11)14(20)18-19-15(21)12-8-24-13(17-12)7-22-2/h3-6,8-9H,7H2,1-2H3,(H,18,20)(H,19,21). The zero-order chi connectivity index (χ0) is 17.5. The number of benzene rings is 1. The first kappa shape index (κ1) is 17.8. The minimum atomic E-state index is -0.879. The van der Waals surface area contributed by atoms with E-state index in [4.69, 9.17) is 9.47 Å². The predicted octanol–water partition coefficient (Wildman–Crippen LogP) is 1.66. The first-order valence-electron chi connectivity index (χ1n) is 6.95. The summed E-state index contributed by atoms with van der Waals surface area (Å²) >= 11 is 1.28. The van der Waals surface area contributed by atoms with Crippen LogP contribution >= 0.6 is 11.3 Å². The summed E-state index contributed by atoms with van der Waals surface area (Å²) in [5.41, 5.74) is 4.68. The first-order valence-corrected chi connectivity index (χ1v) is 7.83. The van der Waals surface area contributed by atoms with Crippen molar-refractivity contribution in [1.29, 1.82) is 0 Å². The monoisotopic (exact) mass is 353 g/mol. The third kappa shape index (κ3) is 5.00. The van der Waals surface area contributed by atoms with Crippen LogP contribution in [-0.4, -0.2) is 30.0 Å². The molecule has 0 radical (unpaired) electrons. The largest absolute Gasteiger partial charge is 0.481 e. The van der Waals surface area contributed by atoms with Crippen molar-refractivity contribution in [3.63, 3.8) is 0 Å². The van der Waals surface area contributed by atoms with Gasteiger partial charge in [0.25, 0.3) is 11.8 Å². The molecule has 2 rings (SSSR count). The number of hydrogen-bond donors (Lipinski definition) is 2. The number of carbonyl (C=O) groups excluding carboxylic acids is 2. The molecular formula is C15H16FN3O4S. The number of halogens is 1. The Morgan fingerprint density at radius 3 is 2.67 bits per heavy atom. The van der Waals surface area contributed by atoms with Crippen LogP contribution in [0.5, 0.6) is 5.75 Å². The van der Waals surface area contributed by atoms with Gasteiger partial charge in [0.05, 0.1) is 6.61 Å². The van der Waals surface area contributed by atoms with Crippen LogP contribution in [0, 0.1) is 5.82 Å². The zero-order valence-electron chi connectivity index (χ0n) is 13.0. The van der Waals surface area contributed by atoms with Crippen LogP contribution in [0.25, 0.3) is 0 Å². The van der Waals surface area contributed by atoms with Gasteiger partial charge in [-0.15, -0.1) is 11.3 Å². The Morgan fingerprint density at radius 2 is 2.00 bits per heavy atom. The van der Waals surface area contributed by atoms with E-state index >= 15 is 0 Å². The SMILES string of the molecule is COCc1nc(C(=O)NNC(=O)C(C)Oc2ccc(F)cc2)cs1. The third-order valence-electron chi connectivity index (χ3n) is 2.85. The number of methoxy groups -OCH3 is 1. The number of nitrogens with zero attached hydrogens (tertiary/aromatic N) is 1. The summed E-state index contributed by atoms with van der Waals surface area (Å²) < 4.78 is 23.1. The normalized spacial score (nSPS) is 11.6. The second kappa shape index (κ2) is 8.37. The smallest absolute Gasteiger partial charge is 0.289 e. The average Bonchev–Trinajstić information content (AvgIpc) is 3.03. The molecule has 7 nitrogen and oxygen atoms in total. The molecule has 0 aliphatic carbocycles. The molecular weight excluding hydrogens is 337 g/mol. The van der Waals surface area contributed by atoms with Crippen molar-refractivity contribution in [3.05, 3.63) is 46.2 Å². The second-order valence-corrected chi connectivity index (χ2v) is 5.66. The molecule has 1 heterocycles. The molecule has 1 unspecified atom stereocenters. The highest BCUT2D eigenvalue weighted by molar-refractivity contribution is 7.09. The summed E-state index contributed by atoms with van der Waals surface area (Å²) in [5, 5.41) is 2.22. The number of thiazole rings is 1. The molecule has 128 valence electrons. The van der Waals surface area contributed by atoms with Crippen LogP contribution < -0.4 is 15.6 Å². The van der Waals surface area contributed by atoms with Gasteiger partial charge in [-0.1, -0.05) is 0 Å². The number of rotatable bonds is 6. The van der Waals surface area contributed by atoms with E-state index in [1.54, 1.807) is 5.38 Å². The Kier molecular flexibility index (Phi) is 6.21. The lowest BCUT2D eigenvalue weighted by molar-refractivity contribution is -0.128. The maximum atomic E-state index is 12.8. The number of hydrazine groups is 1. The van der Waals surface area contributed by atoms with E-state index < -0.39 is 23.7 Å². The summed E-state index contributed by atoms with van der Waals surface area (Å²) in [7, 11) is 1.53. The van der Waals surface area contributed by atoms with E-state index in [-0.39, 0.29) is 5.69 Å². The molecule has 2 N–H and O–H groups in total. The lowest BCUT2D eigenvalue weighted by Crippen LogP contribution is -2.47. The maximum Gasteiger partial charge on any atom is 0.289 e. The van der Waals surface area contributed by atoms with Crippen LogP contribution in [-0.2, 0) is 16.1 Å². The molecule has 0 spiro atoms. The molecule has 0 aliphatic rings. The van der Waals surface area contributed by atoms with Crippen molar-refractivity contribution in [1.82, 2.24) is 15.8 Å². The fourth-order valence-corrected chi connectivity index (χ4v) is 2.40. The minimum absolute atomic E-state index is 0.180. The molecule has 0 aliphatic heterocycles. The zero-order valence-corrected chi connectivity index (χ0v) is 13.9. The van der Waals surface area contributed by atoms with Crippen LogP contribution in [0.15, 0.2) is 29.6 Å². The van der Waals surface area contributed by atoms with Crippen molar-refractivity contribution in [3.8, 4) is 5.75 Å². The molecule has 2 amide bonds. The van der Waals surface area contributed by atoms with Gasteiger partial charge in [-0.2, -0.15) is 0 Å². The Labute approximate surface area is 141 Å². The highest BCUT2D eigenvalue weighted by atomic mass is 32.1. The van der Waals surface area contributed by atoms with Gasteiger partial charge in [0.1, 0.15) is 22.3 Å². The van der Waals surface area contributed by atoms with Crippen molar-refractivity contribution in [2.75, 3.05) is 7.11 Å². The van der Waals surface area contributed by atoms with Gasteiger partial charge in [-0.25, -0.2) is 9.37 Å². The summed E-state index contributed by atoms with van der Waals surface area (Å²) in [5.74, 6) is -1.16. The first-order chi connectivity index (χ1) is 11.5. The van der Waals surface area contributed by atoms with Gasteiger partial charge < -0.3 is 9.47 Å². The van der Waals surface area contributed by atoms with E-state index in [0.29, 0.717) is 17.4 Å². The van der Waals surface area contributed by atoms with Crippen molar-refractivity contribution in [2.24, 2.45) is 0 Å². The second-order valence-electron chi connectivity index (χ2n) is 4.72. The molecule has 0 saturated heterocycles. The number of hydrogen-bond acceptors (Lipinski definition) is 6. The average molecular weight is 353 g/mol. The summed E-state index contributed by atoms with van der Waals surface area (Å²) in [6.45, 7) is 1.82. The number of carbonyl (C=O) groups is 2. The van der Waals surface area contributed by atoms with Gasteiger partial charge in [0.15, 0.2) is 6.10 Å². The Bertz CT molecular complexity index is 705. The highest BCUT2D eigenvalue weighted by Crippen LogP contribution is 2.13. The predicted molar refractivity (Wildman–Crippen MR) is 84.9 cm³/mol. The van der Waals surface area contributed by atoms with Crippen LogP contribution in [0.2, 0.25) is 0 Å². The maximum absolute atomic E-state index is 12.8. The molecule has 1 aromatic carbocycles. The van der Waals surface area contributed by atoms with E-state index in [1.165, 1.54) is 49.6 Å². The molecule has 1 atom stereocenters. The Balaban J connectivity index is 1.82. The topological polar surface area (TPSA) is 89.5 Å². The van der Waals surface area contributed by atoms with Gasteiger partial charge in [-0.3, -0.25) is 20.4 Å². The van der Waals surface area contributed by atoms with Crippen molar-refractivity contribution in [2.45, 2.75) is 19.6 Å². The summed E-state index contributed by atoms with van der Waals surface area (Å²) in [6.07, 6.45) is -0.879. The third-order valence-corrected chi connectivity index (χ3v) is 3.67. The van der Waals surface area contributed by atoms with Crippen LogP contribution in [0.3, 0.4) is 0 Å². The quantitative estimate of drug-likeness (QED) is 0.771. The van der Waals surface area contributed by atoms with E-state index in [9.17, 15) is 14.0 Å². The summed E-state index contributed by atoms with van der Waals surface area (Å²) in [6, 6.07) is 5.26.